The van der Waals surface area contributed by atoms with Gasteiger partial charge in [0.05, 0.1) is 7.11 Å². The second kappa shape index (κ2) is 8.02. The maximum Gasteiger partial charge on any atom is 0.204 e. The van der Waals surface area contributed by atoms with Gasteiger partial charge in [-0.1, -0.05) is 6.92 Å². The third-order valence-electron chi connectivity index (χ3n) is 2.53. The molecule has 1 aromatic heterocycles. The Hall–Kier alpha value is -1.17. The van der Waals surface area contributed by atoms with Crippen LogP contribution in [0.4, 0.5) is 11.6 Å². The third-order valence-corrected chi connectivity index (χ3v) is 3.46. The summed E-state index contributed by atoms with van der Waals surface area (Å²) in [6, 6.07) is 0.359. The van der Waals surface area contributed by atoms with E-state index in [1.165, 1.54) is 6.33 Å². The fourth-order valence-corrected chi connectivity index (χ4v) is 2.37. The smallest absolute Gasteiger partial charge is 0.204 e. The summed E-state index contributed by atoms with van der Waals surface area (Å²) in [7, 11) is 3.44. The Morgan fingerprint density at radius 2 is 2.11 bits per heavy atom. The van der Waals surface area contributed by atoms with Crippen molar-refractivity contribution in [1.82, 2.24) is 9.97 Å². The van der Waals surface area contributed by atoms with Crippen molar-refractivity contribution in [2.24, 2.45) is 0 Å². The molecule has 0 aromatic carbocycles. The topological polar surface area (TPSA) is 59.1 Å². The summed E-state index contributed by atoms with van der Waals surface area (Å²) >= 11 is 1.95. The molecule has 0 amide bonds. The summed E-state index contributed by atoms with van der Waals surface area (Å²) in [5.74, 6) is 4.41. The number of rotatable bonds is 8. The molecule has 1 heterocycles. The van der Waals surface area contributed by atoms with E-state index >= 15 is 0 Å². The number of nitrogens with one attached hydrogen (secondary N) is 2. The van der Waals surface area contributed by atoms with Crippen LogP contribution in [-0.4, -0.2) is 41.7 Å². The quantitative estimate of drug-likeness (QED) is 0.708. The van der Waals surface area contributed by atoms with Gasteiger partial charge in [0.2, 0.25) is 5.75 Å². The largest absolute Gasteiger partial charge is 0.490 e. The minimum absolute atomic E-state index is 0.359. The van der Waals surface area contributed by atoms with Gasteiger partial charge in [-0.3, -0.25) is 0 Å². The Morgan fingerprint density at radius 1 is 1.39 bits per heavy atom. The zero-order chi connectivity index (χ0) is 13.4. The fraction of sp³-hybridized carbons (Fsp3) is 0.667. The number of hydrogen-bond acceptors (Lipinski definition) is 6. The van der Waals surface area contributed by atoms with Crippen LogP contribution < -0.4 is 15.4 Å². The van der Waals surface area contributed by atoms with Crippen molar-refractivity contribution >= 4 is 23.4 Å². The highest BCUT2D eigenvalue weighted by molar-refractivity contribution is 7.99. The molecule has 0 radical (unpaired) electrons. The zero-order valence-electron chi connectivity index (χ0n) is 11.5. The second-order valence-electron chi connectivity index (χ2n) is 3.89. The van der Waals surface area contributed by atoms with E-state index in [2.05, 4.69) is 34.4 Å². The lowest BCUT2D eigenvalue weighted by Crippen LogP contribution is -2.18. The molecule has 0 aliphatic rings. The Bertz CT molecular complexity index is 362. The number of methoxy groups -OCH3 is 1. The van der Waals surface area contributed by atoms with Crippen LogP contribution in [0.5, 0.6) is 5.75 Å². The molecule has 0 aliphatic heterocycles. The molecule has 1 atom stereocenters. The number of ether oxygens (including phenoxy) is 1. The van der Waals surface area contributed by atoms with Gasteiger partial charge >= 0.3 is 0 Å². The highest BCUT2D eigenvalue weighted by Crippen LogP contribution is 2.29. The van der Waals surface area contributed by atoms with E-state index in [1.54, 1.807) is 7.11 Å². The van der Waals surface area contributed by atoms with Gasteiger partial charge in [0, 0.05) is 13.1 Å². The van der Waals surface area contributed by atoms with Gasteiger partial charge in [-0.05, 0) is 24.9 Å². The summed E-state index contributed by atoms with van der Waals surface area (Å²) in [5, 5.41) is 6.36. The molecule has 18 heavy (non-hydrogen) atoms. The zero-order valence-corrected chi connectivity index (χ0v) is 12.3. The Morgan fingerprint density at radius 3 is 2.72 bits per heavy atom. The first kappa shape index (κ1) is 14.9. The van der Waals surface area contributed by atoms with Crippen molar-refractivity contribution in [3.8, 4) is 5.75 Å². The van der Waals surface area contributed by atoms with Crippen molar-refractivity contribution in [3.63, 3.8) is 0 Å². The van der Waals surface area contributed by atoms with E-state index in [9.17, 15) is 0 Å². The lowest BCUT2D eigenvalue weighted by Gasteiger charge is -2.17. The van der Waals surface area contributed by atoms with E-state index in [1.807, 2.05) is 18.8 Å². The summed E-state index contributed by atoms with van der Waals surface area (Å²) in [5.41, 5.74) is 0. The molecule has 0 aliphatic carbocycles. The van der Waals surface area contributed by atoms with Crippen molar-refractivity contribution in [3.05, 3.63) is 6.33 Å². The lowest BCUT2D eigenvalue weighted by molar-refractivity contribution is 0.414. The maximum atomic E-state index is 5.34. The van der Waals surface area contributed by atoms with Gasteiger partial charge in [0.25, 0.3) is 0 Å². The number of aromatic nitrogens is 2. The minimum atomic E-state index is 0.359. The number of thioether (sulfide) groups is 1. The van der Waals surface area contributed by atoms with Crippen LogP contribution in [0, 0.1) is 0 Å². The monoisotopic (exact) mass is 270 g/mol. The van der Waals surface area contributed by atoms with Gasteiger partial charge in [-0.25, -0.2) is 9.97 Å². The highest BCUT2D eigenvalue weighted by Gasteiger charge is 2.12. The van der Waals surface area contributed by atoms with E-state index in [4.69, 9.17) is 4.74 Å². The SMILES string of the molecule is CCSCCC(C)Nc1ncnc(NC)c1OC. The summed E-state index contributed by atoms with van der Waals surface area (Å²) in [6.45, 7) is 4.33. The van der Waals surface area contributed by atoms with Crippen LogP contribution in [0.2, 0.25) is 0 Å². The van der Waals surface area contributed by atoms with Crippen LogP contribution in [0.15, 0.2) is 6.33 Å². The molecule has 1 aromatic rings. The molecule has 6 heteroatoms. The maximum absolute atomic E-state index is 5.34. The number of anilines is 2. The molecule has 0 spiro atoms. The molecular weight excluding hydrogens is 248 g/mol. The molecule has 0 fully saturated rings. The first-order valence-corrected chi connectivity index (χ1v) is 7.29. The summed E-state index contributed by atoms with van der Waals surface area (Å²) in [6.07, 6.45) is 2.63. The first-order valence-electron chi connectivity index (χ1n) is 6.13. The third kappa shape index (κ3) is 4.25. The molecule has 2 N–H and O–H groups in total. The minimum Gasteiger partial charge on any atom is -0.490 e. The number of hydrogen-bond donors (Lipinski definition) is 2. The Balaban J connectivity index is 2.65. The normalized spacial score (nSPS) is 12.0. The van der Waals surface area contributed by atoms with Crippen LogP contribution >= 0.6 is 11.8 Å². The van der Waals surface area contributed by atoms with Gasteiger partial charge < -0.3 is 15.4 Å². The van der Waals surface area contributed by atoms with E-state index in [-0.39, 0.29) is 0 Å². The molecule has 0 saturated heterocycles. The molecular formula is C12H22N4OS. The fourth-order valence-electron chi connectivity index (χ4n) is 1.56. The van der Waals surface area contributed by atoms with Gasteiger partial charge in [-0.15, -0.1) is 0 Å². The van der Waals surface area contributed by atoms with E-state index < -0.39 is 0 Å². The van der Waals surface area contributed by atoms with Crippen molar-refractivity contribution in [1.29, 1.82) is 0 Å². The number of nitrogens with zero attached hydrogens (tertiary/aromatic N) is 2. The first-order chi connectivity index (χ1) is 8.72. The lowest BCUT2D eigenvalue weighted by atomic mass is 10.2. The van der Waals surface area contributed by atoms with E-state index in [0.29, 0.717) is 17.6 Å². The summed E-state index contributed by atoms with van der Waals surface area (Å²) < 4.78 is 5.34. The standard InChI is InChI=1S/C12H22N4OS/c1-5-18-7-6-9(2)16-12-10(17-4)11(13-3)14-8-15-12/h8-9H,5-7H2,1-4H3,(H2,13,14,15,16). The predicted molar refractivity (Wildman–Crippen MR) is 78.8 cm³/mol. The second-order valence-corrected chi connectivity index (χ2v) is 5.28. The van der Waals surface area contributed by atoms with Crippen molar-refractivity contribution < 1.29 is 4.74 Å². The Kier molecular flexibility index (Phi) is 6.64. The van der Waals surface area contributed by atoms with Crippen LogP contribution in [0.1, 0.15) is 20.3 Å². The molecule has 0 bridgehead atoms. The van der Waals surface area contributed by atoms with Crippen molar-refractivity contribution in [2.45, 2.75) is 26.3 Å². The molecule has 102 valence electrons. The van der Waals surface area contributed by atoms with Crippen LogP contribution in [0.3, 0.4) is 0 Å². The molecule has 0 saturated carbocycles. The molecule has 1 rings (SSSR count). The van der Waals surface area contributed by atoms with Gasteiger partial charge in [0.1, 0.15) is 6.33 Å². The van der Waals surface area contributed by atoms with Crippen LogP contribution in [-0.2, 0) is 0 Å². The average Bonchev–Trinajstić information content (AvgIpc) is 2.38. The molecule has 1 unspecified atom stereocenters. The molecule has 5 nitrogen and oxygen atoms in total. The Labute approximate surface area is 113 Å². The van der Waals surface area contributed by atoms with E-state index in [0.717, 1.165) is 23.7 Å². The van der Waals surface area contributed by atoms with Gasteiger partial charge in [-0.2, -0.15) is 11.8 Å². The predicted octanol–water partition coefficient (Wildman–Crippen LogP) is 2.47. The summed E-state index contributed by atoms with van der Waals surface area (Å²) in [4.78, 5) is 8.35. The van der Waals surface area contributed by atoms with Gasteiger partial charge in [0.15, 0.2) is 11.6 Å². The average molecular weight is 270 g/mol. The van der Waals surface area contributed by atoms with Crippen LogP contribution in [0.25, 0.3) is 0 Å². The van der Waals surface area contributed by atoms with Crippen molar-refractivity contribution in [2.75, 3.05) is 36.3 Å². The highest BCUT2D eigenvalue weighted by atomic mass is 32.2.